The van der Waals surface area contributed by atoms with Crippen molar-refractivity contribution in [3.8, 4) is 0 Å². The van der Waals surface area contributed by atoms with Gasteiger partial charge in [0.1, 0.15) is 12.0 Å². The third kappa shape index (κ3) is 3.63. The fourth-order valence-electron chi connectivity index (χ4n) is 5.60. The van der Waals surface area contributed by atoms with Gasteiger partial charge in [-0.2, -0.15) is 0 Å². The summed E-state index contributed by atoms with van der Waals surface area (Å²) in [5, 5.41) is 0. The monoisotopic (exact) mass is 560 g/mol. The molecule has 0 N–H and O–H groups in total. The second-order valence-corrected chi connectivity index (χ2v) is 11.1. The van der Waals surface area contributed by atoms with E-state index < -0.39 is 35.9 Å². The van der Waals surface area contributed by atoms with E-state index in [0.717, 1.165) is 20.1 Å². The summed E-state index contributed by atoms with van der Waals surface area (Å²) in [5.74, 6) is -0.682. The number of nitrogens with zero attached hydrogens (tertiary/aromatic N) is 2. The van der Waals surface area contributed by atoms with Crippen LogP contribution in [0.4, 0.5) is 0 Å². The fraction of sp³-hybridized carbons (Fsp3) is 0.462. The van der Waals surface area contributed by atoms with Crippen LogP contribution in [0.15, 0.2) is 57.5 Å². The molecule has 3 aliphatic rings. The summed E-state index contributed by atoms with van der Waals surface area (Å²) in [6, 6.07) is 11.2. The average Bonchev–Trinajstić information content (AvgIpc) is 2.81. The summed E-state index contributed by atoms with van der Waals surface area (Å²) in [5.41, 5.74) is 1.80. The molecule has 0 unspecified atom stereocenters. The molecule has 2 aromatic carbocycles. The van der Waals surface area contributed by atoms with Gasteiger partial charge in [-0.25, -0.2) is 0 Å². The number of carbonyl (C=O) groups excluding carboxylic acids is 2. The molecule has 3 aliphatic heterocycles. The number of piperazine rings is 1. The van der Waals surface area contributed by atoms with Gasteiger partial charge in [-0.3, -0.25) is 9.59 Å². The molecule has 2 amide bonds. The zero-order valence-electron chi connectivity index (χ0n) is 20.2. The van der Waals surface area contributed by atoms with Crippen molar-refractivity contribution in [1.29, 1.82) is 0 Å². The molecule has 2 aromatic rings. The Balaban J connectivity index is 1.63. The molecule has 0 radical (unpaired) electrons. The highest BCUT2D eigenvalue weighted by Crippen LogP contribution is 2.48. The van der Waals surface area contributed by atoms with Gasteiger partial charge in [0.05, 0.1) is 14.8 Å². The Kier molecular flexibility index (Phi) is 5.32. The molecule has 3 saturated heterocycles. The van der Waals surface area contributed by atoms with Crippen molar-refractivity contribution in [3.05, 3.63) is 68.6 Å². The number of amides is 2. The van der Waals surface area contributed by atoms with Gasteiger partial charge in [-0.05, 0) is 72.9 Å². The average molecular weight is 562 g/mol. The van der Waals surface area contributed by atoms with Crippen molar-refractivity contribution in [3.63, 3.8) is 0 Å². The van der Waals surface area contributed by atoms with Crippen molar-refractivity contribution in [2.24, 2.45) is 11.8 Å². The molecule has 5 rings (SSSR count). The first-order valence-electron chi connectivity index (χ1n) is 12.3. The highest BCUT2D eigenvalue weighted by atomic mass is 79.9. The maximum atomic E-state index is 14.2. The SMILES string of the molecule is [2H][C@@]12CC[C@@H](C)[C@H](c3ccc(Br)cc3)N1C(=O)[C@@]1([2H])CC[C@@H](C)[C@H](c3ccc(Br)cc3)N1C2=O. The van der Waals surface area contributed by atoms with Crippen LogP contribution in [0.25, 0.3) is 0 Å². The van der Waals surface area contributed by atoms with Crippen LogP contribution in [0, 0.1) is 11.8 Å². The van der Waals surface area contributed by atoms with Crippen molar-refractivity contribution in [2.75, 3.05) is 0 Å². The second-order valence-electron chi connectivity index (χ2n) is 9.27. The van der Waals surface area contributed by atoms with Crippen molar-refractivity contribution < 1.29 is 12.3 Å². The standard InChI is InChI=1S/C26H28Br2N2O2/c1-15-3-13-21-26(32)30-22(14-4-16(2)24(30)18-7-11-20(28)12-8-18)25(31)29(21)23(15)17-5-9-19(27)10-6-17/h5-12,15-16,21-24H,3-4,13-14H2,1-2H3/t15-,16-,21-,22+,23-,24-/m1/s1/i21D,22D. The Morgan fingerprint density at radius 1 is 0.688 bits per heavy atom. The van der Waals surface area contributed by atoms with Crippen LogP contribution in [-0.2, 0) is 9.59 Å². The lowest BCUT2D eigenvalue weighted by molar-refractivity contribution is -0.177. The smallest absolute Gasteiger partial charge is 0.246 e. The maximum absolute atomic E-state index is 14.2. The van der Waals surface area contributed by atoms with E-state index in [1.54, 1.807) is 0 Å². The van der Waals surface area contributed by atoms with Gasteiger partial charge in [0.15, 0.2) is 0 Å². The van der Waals surface area contributed by atoms with Gasteiger partial charge >= 0.3 is 0 Å². The van der Waals surface area contributed by atoms with Crippen molar-refractivity contribution >= 4 is 43.7 Å². The predicted octanol–water partition coefficient (Wildman–Crippen LogP) is 6.26. The minimum absolute atomic E-state index is 0.0799. The van der Waals surface area contributed by atoms with E-state index in [1.807, 2.05) is 48.5 Å². The minimum Gasteiger partial charge on any atom is -0.322 e. The summed E-state index contributed by atoms with van der Waals surface area (Å²) in [4.78, 5) is 31.3. The number of piperidine rings is 2. The summed E-state index contributed by atoms with van der Waals surface area (Å²) < 4.78 is 20.7. The van der Waals surface area contributed by atoms with Crippen LogP contribution in [0.3, 0.4) is 0 Å². The summed E-state index contributed by atoms with van der Waals surface area (Å²) in [6.07, 6.45) is 1.88. The van der Waals surface area contributed by atoms with Crippen LogP contribution >= 0.6 is 31.9 Å². The fourth-order valence-corrected chi connectivity index (χ4v) is 6.13. The predicted molar refractivity (Wildman–Crippen MR) is 132 cm³/mol. The number of carbonyl (C=O) groups is 2. The quantitative estimate of drug-likeness (QED) is 0.434. The molecular formula is C26H28Br2N2O2. The largest absolute Gasteiger partial charge is 0.322 e. The topological polar surface area (TPSA) is 40.6 Å². The van der Waals surface area contributed by atoms with E-state index >= 15 is 0 Å². The number of benzene rings is 2. The van der Waals surface area contributed by atoms with E-state index in [9.17, 15) is 12.3 Å². The normalized spacial score (nSPS) is 38.0. The lowest BCUT2D eigenvalue weighted by atomic mass is 9.76. The third-order valence-corrected chi connectivity index (χ3v) is 8.30. The Labute approximate surface area is 209 Å². The molecule has 4 nitrogen and oxygen atoms in total. The molecule has 0 saturated carbocycles. The first-order chi connectivity index (χ1) is 16.1. The van der Waals surface area contributed by atoms with Crippen molar-refractivity contribution in [2.45, 2.75) is 63.7 Å². The third-order valence-electron chi connectivity index (χ3n) is 7.24. The van der Waals surface area contributed by atoms with Crippen LogP contribution < -0.4 is 0 Å². The lowest BCUT2D eigenvalue weighted by Gasteiger charge is -2.56. The molecular weight excluding hydrogens is 532 g/mol. The Morgan fingerprint density at radius 3 is 1.38 bits per heavy atom. The van der Waals surface area contributed by atoms with E-state index in [2.05, 4.69) is 45.7 Å². The molecule has 3 fully saturated rings. The van der Waals surface area contributed by atoms with Gasteiger partial charge in [-0.1, -0.05) is 70.0 Å². The summed E-state index contributed by atoms with van der Waals surface area (Å²) in [6.45, 7) is 4.14. The molecule has 6 atom stereocenters. The van der Waals surface area contributed by atoms with Crippen molar-refractivity contribution in [1.82, 2.24) is 9.80 Å². The van der Waals surface area contributed by atoms with Gasteiger partial charge in [0.25, 0.3) is 0 Å². The first kappa shape index (κ1) is 19.8. The Bertz CT molecular complexity index is 1040. The molecule has 32 heavy (non-hydrogen) atoms. The molecule has 6 heteroatoms. The highest BCUT2D eigenvalue weighted by Gasteiger charge is 2.55. The zero-order valence-corrected chi connectivity index (χ0v) is 21.4. The molecule has 0 spiro atoms. The van der Waals surface area contributed by atoms with Gasteiger partial charge in [-0.15, -0.1) is 0 Å². The summed E-state index contributed by atoms with van der Waals surface area (Å²) in [7, 11) is 0. The molecule has 0 bridgehead atoms. The van der Waals surface area contributed by atoms with Crippen LogP contribution in [0.2, 0.25) is 0 Å². The summed E-state index contributed by atoms with van der Waals surface area (Å²) >= 11 is 6.93. The van der Waals surface area contributed by atoms with Gasteiger partial charge in [0.2, 0.25) is 11.8 Å². The molecule has 0 aliphatic carbocycles. The first-order valence-corrected chi connectivity index (χ1v) is 12.8. The molecule has 168 valence electrons. The number of hydrogen-bond acceptors (Lipinski definition) is 2. The number of fused-ring (bicyclic) bond motifs is 2. The van der Waals surface area contributed by atoms with E-state index in [-0.39, 0.29) is 24.7 Å². The number of hydrogen-bond donors (Lipinski definition) is 0. The minimum atomic E-state index is -1.71. The van der Waals surface area contributed by atoms with E-state index in [0.29, 0.717) is 12.8 Å². The van der Waals surface area contributed by atoms with E-state index in [1.165, 1.54) is 9.80 Å². The number of halogens is 2. The van der Waals surface area contributed by atoms with Gasteiger partial charge in [0, 0.05) is 8.95 Å². The maximum Gasteiger partial charge on any atom is 0.246 e. The van der Waals surface area contributed by atoms with Crippen LogP contribution in [-0.4, -0.2) is 33.6 Å². The second kappa shape index (κ2) is 8.60. The molecule has 0 aromatic heterocycles. The highest BCUT2D eigenvalue weighted by molar-refractivity contribution is 9.10. The van der Waals surface area contributed by atoms with Crippen LogP contribution in [0.5, 0.6) is 0 Å². The molecule has 3 heterocycles. The van der Waals surface area contributed by atoms with Gasteiger partial charge < -0.3 is 9.80 Å². The zero-order chi connectivity index (χ0) is 24.4. The number of rotatable bonds is 2. The Morgan fingerprint density at radius 2 is 1.03 bits per heavy atom. The Hall–Kier alpha value is -1.66. The van der Waals surface area contributed by atoms with E-state index in [4.69, 9.17) is 0 Å². The van der Waals surface area contributed by atoms with Crippen LogP contribution in [0.1, 0.15) is 65.5 Å². The lowest BCUT2D eigenvalue weighted by Crippen LogP contribution is -2.69.